The summed E-state index contributed by atoms with van der Waals surface area (Å²) in [4.78, 5) is 17.7. The first-order chi connectivity index (χ1) is 11.2. The third-order valence-electron chi connectivity index (χ3n) is 4.12. The Morgan fingerprint density at radius 1 is 1.39 bits per heavy atom. The molecule has 0 bridgehead atoms. The van der Waals surface area contributed by atoms with Crippen LogP contribution < -0.4 is 5.32 Å². The van der Waals surface area contributed by atoms with Crippen molar-refractivity contribution >= 4 is 22.2 Å². The highest BCUT2D eigenvalue weighted by atomic mass is 32.1. The fourth-order valence-corrected chi connectivity index (χ4v) is 3.54. The van der Waals surface area contributed by atoms with Crippen LogP contribution in [0.1, 0.15) is 30.1 Å². The monoisotopic (exact) mass is 329 g/mol. The van der Waals surface area contributed by atoms with Gasteiger partial charge in [0, 0.05) is 17.8 Å². The summed E-state index contributed by atoms with van der Waals surface area (Å²) < 4.78 is 15.0. The maximum absolute atomic E-state index is 13.1. The van der Waals surface area contributed by atoms with E-state index in [0.29, 0.717) is 5.92 Å². The van der Waals surface area contributed by atoms with E-state index < -0.39 is 0 Å². The first-order valence-electron chi connectivity index (χ1n) is 7.65. The summed E-state index contributed by atoms with van der Waals surface area (Å²) in [6.07, 6.45) is 6.28. The van der Waals surface area contributed by atoms with Gasteiger partial charge < -0.3 is 5.32 Å². The first kappa shape index (κ1) is 14.4. The molecule has 1 amide bonds. The zero-order chi connectivity index (χ0) is 15.8. The van der Waals surface area contributed by atoms with Crippen LogP contribution in [0.25, 0.3) is 4.96 Å². The van der Waals surface area contributed by atoms with E-state index in [1.165, 1.54) is 12.1 Å². The molecule has 1 aliphatic rings. The van der Waals surface area contributed by atoms with Crippen LogP contribution in [0.15, 0.2) is 42.0 Å². The summed E-state index contributed by atoms with van der Waals surface area (Å²) in [6.45, 7) is 0. The van der Waals surface area contributed by atoms with Gasteiger partial charge in [0.1, 0.15) is 5.82 Å². The predicted octanol–water partition coefficient (Wildman–Crippen LogP) is 3.34. The van der Waals surface area contributed by atoms with Gasteiger partial charge in [-0.3, -0.25) is 9.20 Å². The number of carbonyl (C=O) groups excluding carboxylic acids is 1. The molecule has 1 saturated carbocycles. The standard InChI is InChI=1S/C17H16FN3OS/c18-13-5-3-12(4-6-13)16(11-1-2-11)20-15(22)9-14-10-21-7-8-23-17(21)19-14/h3-8,10-11,16H,1-2,9H2,(H,20,22)/t16-/m0/s1. The van der Waals surface area contributed by atoms with Crippen LogP contribution in [-0.2, 0) is 11.2 Å². The number of aromatic nitrogens is 2. The molecule has 0 unspecified atom stereocenters. The van der Waals surface area contributed by atoms with Gasteiger partial charge >= 0.3 is 0 Å². The van der Waals surface area contributed by atoms with Gasteiger partial charge in [-0.05, 0) is 36.5 Å². The fraction of sp³-hybridized carbons (Fsp3) is 0.294. The van der Waals surface area contributed by atoms with Gasteiger partial charge in [-0.1, -0.05) is 12.1 Å². The number of hydrogen-bond acceptors (Lipinski definition) is 3. The Morgan fingerprint density at radius 3 is 2.87 bits per heavy atom. The van der Waals surface area contributed by atoms with Gasteiger partial charge in [0.15, 0.2) is 4.96 Å². The number of fused-ring (bicyclic) bond motifs is 1. The maximum atomic E-state index is 13.1. The molecule has 4 rings (SSSR count). The maximum Gasteiger partial charge on any atom is 0.226 e. The average Bonchev–Trinajstić information content (AvgIpc) is 3.16. The highest BCUT2D eigenvalue weighted by molar-refractivity contribution is 7.15. The molecule has 0 radical (unpaired) electrons. The number of nitrogens with one attached hydrogen (secondary N) is 1. The minimum absolute atomic E-state index is 0.0353. The summed E-state index contributed by atoms with van der Waals surface area (Å²) in [5.74, 6) is 0.152. The number of carbonyl (C=O) groups is 1. The molecule has 23 heavy (non-hydrogen) atoms. The van der Waals surface area contributed by atoms with Gasteiger partial charge in [0.05, 0.1) is 18.2 Å². The Morgan fingerprint density at radius 2 is 2.17 bits per heavy atom. The molecule has 0 saturated heterocycles. The van der Waals surface area contributed by atoms with Crippen LogP contribution in [0.3, 0.4) is 0 Å². The van der Waals surface area contributed by atoms with E-state index in [9.17, 15) is 9.18 Å². The molecule has 2 aromatic heterocycles. The Hall–Kier alpha value is -2.21. The molecule has 4 nitrogen and oxygen atoms in total. The summed E-state index contributed by atoms with van der Waals surface area (Å²) in [6, 6.07) is 6.36. The van der Waals surface area contributed by atoms with E-state index in [1.54, 1.807) is 23.5 Å². The lowest BCUT2D eigenvalue weighted by atomic mass is 10.0. The topological polar surface area (TPSA) is 46.4 Å². The van der Waals surface area contributed by atoms with E-state index in [2.05, 4.69) is 10.3 Å². The molecule has 6 heteroatoms. The highest BCUT2D eigenvalue weighted by Gasteiger charge is 2.33. The summed E-state index contributed by atoms with van der Waals surface area (Å²) >= 11 is 1.55. The van der Waals surface area contributed by atoms with Crippen molar-refractivity contribution in [3.05, 3.63) is 59.1 Å². The summed E-state index contributed by atoms with van der Waals surface area (Å²) in [7, 11) is 0. The van der Waals surface area contributed by atoms with Crippen molar-refractivity contribution in [3.8, 4) is 0 Å². The lowest BCUT2D eigenvalue weighted by Gasteiger charge is -2.18. The molecule has 1 aromatic carbocycles. The molecule has 1 aliphatic carbocycles. The number of nitrogens with zero attached hydrogens (tertiary/aromatic N) is 2. The Balaban J connectivity index is 1.46. The molecule has 1 N–H and O–H groups in total. The summed E-state index contributed by atoms with van der Waals surface area (Å²) in [5.41, 5.74) is 1.73. The van der Waals surface area contributed by atoms with Crippen molar-refractivity contribution in [2.24, 2.45) is 5.92 Å². The normalized spacial score (nSPS) is 15.7. The van der Waals surface area contributed by atoms with Crippen LogP contribution in [-0.4, -0.2) is 15.3 Å². The lowest BCUT2D eigenvalue weighted by Crippen LogP contribution is -2.31. The number of amides is 1. The third kappa shape index (κ3) is 3.12. The van der Waals surface area contributed by atoms with Crippen LogP contribution in [0.4, 0.5) is 4.39 Å². The van der Waals surface area contributed by atoms with E-state index in [1.807, 2.05) is 22.2 Å². The quantitative estimate of drug-likeness (QED) is 0.780. The van der Waals surface area contributed by atoms with Crippen molar-refractivity contribution in [2.45, 2.75) is 25.3 Å². The largest absolute Gasteiger partial charge is 0.349 e. The number of benzene rings is 1. The Bertz CT molecular complexity index is 807. The van der Waals surface area contributed by atoms with E-state index in [0.717, 1.165) is 29.1 Å². The molecule has 0 spiro atoms. The minimum atomic E-state index is -0.257. The smallest absolute Gasteiger partial charge is 0.226 e. The zero-order valence-electron chi connectivity index (χ0n) is 12.4. The Labute approximate surface area is 137 Å². The van der Waals surface area contributed by atoms with Crippen LogP contribution in [0.5, 0.6) is 0 Å². The second kappa shape index (κ2) is 5.77. The van der Waals surface area contributed by atoms with Gasteiger partial charge in [-0.25, -0.2) is 9.37 Å². The molecule has 2 heterocycles. The second-order valence-corrected chi connectivity index (χ2v) is 6.81. The van der Waals surface area contributed by atoms with Crippen LogP contribution in [0.2, 0.25) is 0 Å². The van der Waals surface area contributed by atoms with Crippen molar-refractivity contribution in [1.29, 1.82) is 0 Å². The van der Waals surface area contributed by atoms with E-state index in [4.69, 9.17) is 0 Å². The molecule has 1 atom stereocenters. The fourth-order valence-electron chi connectivity index (χ4n) is 2.82. The van der Waals surface area contributed by atoms with Gasteiger partial charge in [-0.2, -0.15) is 0 Å². The lowest BCUT2D eigenvalue weighted by molar-refractivity contribution is -0.121. The van der Waals surface area contributed by atoms with Crippen molar-refractivity contribution < 1.29 is 9.18 Å². The zero-order valence-corrected chi connectivity index (χ0v) is 13.2. The van der Waals surface area contributed by atoms with Crippen molar-refractivity contribution in [2.75, 3.05) is 0 Å². The molecule has 118 valence electrons. The van der Waals surface area contributed by atoms with Gasteiger partial charge in [0.2, 0.25) is 5.91 Å². The van der Waals surface area contributed by atoms with Crippen molar-refractivity contribution in [3.63, 3.8) is 0 Å². The van der Waals surface area contributed by atoms with Gasteiger partial charge in [0.25, 0.3) is 0 Å². The highest BCUT2D eigenvalue weighted by Crippen LogP contribution is 2.41. The SMILES string of the molecule is O=C(Cc1cn2ccsc2n1)N[C@H](c1ccc(F)cc1)C1CC1. The van der Waals surface area contributed by atoms with Crippen molar-refractivity contribution in [1.82, 2.24) is 14.7 Å². The number of hydrogen-bond donors (Lipinski definition) is 1. The Kier molecular flexibility index (Phi) is 3.61. The first-order valence-corrected chi connectivity index (χ1v) is 8.53. The molecule has 0 aliphatic heterocycles. The predicted molar refractivity (Wildman–Crippen MR) is 86.8 cm³/mol. The third-order valence-corrected chi connectivity index (χ3v) is 4.89. The number of rotatable bonds is 5. The van der Waals surface area contributed by atoms with Crippen LogP contribution in [0, 0.1) is 11.7 Å². The molecular weight excluding hydrogens is 313 g/mol. The van der Waals surface area contributed by atoms with Gasteiger partial charge in [-0.15, -0.1) is 11.3 Å². The van der Waals surface area contributed by atoms with E-state index >= 15 is 0 Å². The number of imidazole rings is 1. The molecular formula is C17H16FN3OS. The minimum Gasteiger partial charge on any atom is -0.349 e. The molecule has 3 aromatic rings. The summed E-state index contributed by atoms with van der Waals surface area (Å²) in [5, 5.41) is 5.05. The average molecular weight is 329 g/mol. The number of thiazole rings is 1. The molecule has 1 fully saturated rings. The second-order valence-electron chi connectivity index (χ2n) is 5.94. The number of halogens is 1. The van der Waals surface area contributed by atoms with E-state index in [-0.39, 0.29) is 24.2 Å². The van der Waals surface area contributed by atoms with Crippen LogP contribution >= 0.6 is 11.3 Å².